The Balaban J connectivity index is 4.34. The zero-order chi connectivity index (χ0) is 32.8. The van der Waals surface area contributed by atoms with Crippen molar-refractivity contribution in [2.75, 3.05) is 54.1 Å². The normalized spacial score (nSPS) is 14.2. The highest BCUT2D eigenvalue weighted by Gasteiger charge is 2.20. The second-order valence-electron chi connectivity index (χ2n) is 13.2. The predicted molar refractivity (Wildman–Crippen MR) is 181 cm³/mol. The van der Waals surface area contributed by atoms with Gasteiger partial charge in [-0.1, -0.05) is 122 Å². The molecule has 0 aliphatic heterocycles. The molecule has 262 valence electrons. The van der Waals surface area contributed by atoms with Crippen molar-refractivity contribution in [3.63, 3.8) is 0 Å². The lowest BCUT2D eigenvalue weighted by atomic mass is 10.1. The lowest BCUT2D eigenvalue weighted by molar-refractivity contribution is -0.870. The Morgan fingerprint density at radius 1 is 0.682 bits per heavy atom. The molecule has 0 saturated heterocycles. The van der Waals surface area contributed by atoms with Crippen LogP contribution in [0.2, 0.25) is 0 Å². The number of unbranched alkanes of at least 4 members (excludes halogenated alkanes) is 17. The molecule has 2 unspecified atom stereocenters. The van der Waals surface area contributed by atoms with Crippen LogP contribution in [0, 0.1) is 0 Å². The summed E-state index contributed by atoms with van der Waals surface area (Å²) >= 11 is 0. The number of quaternary nitrogens is 1. The van der Waals surface area contributed by atoms with E-state index in [0.29, 0.717) is 24.1 Å². The molecule has 0 aromatic heterocycles. The standard InChI is InChI=1S/C35H70NO7P/c1-6-8-10-12-14-16-18-20-22-24-26-28-35(37)43-34(33-42-44(38,39)41-31-29-36(3,4)5)32-40-30-27-25-23-21-19-17-15-13-11-9-7-2/h12,14,34H,6-11,13,15-33H2,1-5H3/b14-12-. The number of ether oxygens (including phenoxy) is 2. The van der Waals surface area contributed by atoms with Gasteiger partial charge in [0, 0.05) is 13.0 Å². The van der Waals surface area contributed by atoms with Crippen LogP contribution in [0.5, 0.6) is 0 Å². The first kappa shape index (κ1) is 43.2. The monoisotopic (exact) mass is 647 g/mol. The minimum Gasteiger partial charge on any atom is -0.756 e. The van der Waals surface area contributed by atoms with E-state index in [1.165, 1.54) is 83.5 Å². The van der Waals surface area contributed by atoms with Crippen molar-refractivity contribution in [3.8, 4) is 0 Å². The van der Waals surface area contributed by atoms with E-state index < -0.39 is 13.9 Å². The number of carbonyl (C=O) groups is 1. The highest BCUT2D eigenvalue weighted by Crippen LogP contribution is 2.38. The molecule has 8 nitrogen and oxygen atoms in total. The van der Waals surface area contributed by atoms with Crippen molar-refractivity contribution >= 4 is 13.8 Å². The lowest BCUT2D eigenvalue weighted by Gasteiger charge is -2.28. The molecule has 0 radical (unpaired) electrons. The van der Waals surface area contributed by atoms with Crippen molar-refractivity contribution in [2.24, 2.45) is 0 Å². The molecule has 0 N–H and O–H groups in total. The number of rotatable bonds is 33. The summed E-state index contributed by atoms with van der Waals surface area (Å²) < 4.78 is 34.3. The van der Waals surface area contributed by atoms with E-state index in [1.54, 1.807) is 0 Å². The molecular weight excluding hydrogens is 577 g/mol. The third-order valence-corrected chi connectivity index (χ3v) is 8.53. The fraction of sp³-hybridized carbons (Fsp3) is 0.914. The van der Waals surface area contributed by atoms with Gasteiger partial charge in [0.25, 0.3) is 7.82 Å². The van der Waals surface area contributed by atoms with E-state index in [0.717, 1.165) is 44.9 Å². The fourth-order valence-corrected chi connectivity index (χ4v) is 5.43. The molecule has 0 saturated carbocycles. The van der Waals surface area contributed by atoms with E-state index in [2.05, 4.69) is 26.0 Å². The van der Waals surface area contributed by atoms with Crippen molar-refractivity contribution in [1.29, 1.82) is 0 Å². The number of allylic oxidation sites excluding steroid dienone is 2. The van der Waals surface area contributed by atoms with Crippen LogP contribution in [0.15, 0.2) is 12.2 Å². The van der Waals surface area contributed by atoms with Crippen LogP contribution in [-0.4, -0.2) is 70.7 Å². The largest absolute Gasteiger partial charge is 0.756 e. The Morgan fingerprint density at radius 2 is 1.20 bits per heavy atom. The topological polar surface area (TPSA) is 94.1 Å². The highest BCUT2D eigenvalue weighted by atomic mass is 31.2. The molecule has 0 aromatic rings. The first-order chi connectivity index (χ1) is 21.1. The minimum absolute atomic E-state index is 0.0270. The summed E-state index contributed by atoms with van der Waals surface area (Å²) in [4.78, 5) is 24.8. The summed E-state index contributed by atoms with van der Waals surface area (Å²) in [6, 6.07) is 0. The van der Waals surface area contributed by atoms with E-state index in [1.807, 2.05) is 21.1 Å². The van der Waals surface area contributed by atoms with Crippen molar-refractivity contribution in [2.45, 2.75) is 155 Å². The van der Waals surface area contributed by atoms with E-state index in [9.17, 15) is 14.3 Å². The Labute approximate surface area is 271 Å². The molecule has 0 fully saturated rings. The molecule has 0 aliphatic carbocycles. The number of esters is 1. The number of carbonyl (C=O) groups excluding carboxylic acids is 1. The quantitative estimate of drug-likeness (QED) is 0.0231. The second kappa shape index (κ2) is 29.6. The third-order valence-electron chi connectivity index (χ3n) is 7.57. The second-order valence-corrected chi connectivity index (χ2v) is 14.6. The van der Waals surface area contributed by atoms with Gasteiger partial charge in [0.05, 0.1) is 34.4 Å². The first-order valence-electron chi connectivity index (χ1n) is 17.9. The van der Waals surface area contributed by atoms with Gasteiger partial charge in [-0.2, -0.15) is 0 Å². The van der Waals surface area contributed by atoms with Crippen LogP contribution in [0.25, 0.3) is 0 Å². The molecular formula is C35H70NO7P. The van der Waals surface area contributed by atoms with Gasteiger partial charge in [-0.25, -0.2) is 0 Å². The molecule has 0 heterocycles. The Hall–Kier alpha value is -0.760. The SMILES string of the molecule is CCCC/C=C\CCCCCCCC(=O)OC(COCCCCCCCCCCCCC)COP(=O)([O-])OCC[N+](C)(C)C. The van der Waals surface area contributed by atoms with Crippen LogP contribution >= 0.6 is 7.82 Å². The molecule has 0 bridgehead atoms. The smallest absolute Gasteiger partial charge is 0.306 e. The number of likely N-dealkylation sites (N-methyl/N-ethyl adjacent to an activating group) is 1. The van der Waals surface area contributed by atoms with Crippen molar-refractivity contribution in [1.82, 2.24) is 0 Å². The average Bonchev–Trinajstić information content (AvgIpc) is 2.96. The highest BCUT2D eigenvalue weighted by molar-refractivity contribution is 7.45. The van der Waals surface area contributed by atoms with Crippen LogP contribution in [0.1, 0.15) is 149 Å². The number of nitrogens with zero attached hydrogens (tertiary/aromatic N) is 1. The summed E-state index contributed by atoms with van der Waals surface area (Å²) in [5.74, 6) is -0.345. The predicted octanol–water partition coefficient (Wildman–Crippen LogP) is 8.91. The molecule has 2 atom stereocenters. The zero-order valence-corrected chi connectivity index (χ0v) is 30.3. The summed E-state index contributed by atoms with van der Waals surface area (Å²) in [5, 5.41) is 0. The van der Waals surface area contributed by atoms with Crippen LogP contribution < -0.4 is 4.89 Å². The van der Waals surface area contributed by atoms with Gasteiger partial charge >= 0.3 is 5.97 Å². The fourth-order valence-electron chi connectivity index (χ4n) is 4.70. The van der Waals surface area contributed by atoms with Gasteiger partial charge in [0.15, 0.2) is 0 Å². The van der Waals surface area contributed by atoms with Gasteiger partial charge in [-0.05, 0) is 32.1 Å². The molecule has 44 heavy (non-hydrogen) atoms. The summed E-state index contributed by atoms with van der Waals surface area (Å²) in [6.07, 6.45) is 27.8. The summed E-state index contributed by atoms with van der Waals surface area (Å²) in [5.41, 5.74) is 0. The maximum absolute atomic E-state index is 12.5. The molecule has 0 amide bonds. The van der Waals surface area contributed by atoms with Crippen LogP contribution in [-0.2, 0) is 27.9 Å². The van der Waals surface area contributed by atoms with Crippen LogP contribution in [0.4, 0.5) is 0 Å². The minimum atomic E-state index is -4.51. The van der Waals surface area contributed by atoms with Crippen LogP contribution in [0.3, 0.4) is 0 Å². The summed E-state index contributed by atoms with van der Waals surface area (Å²) in [7, 11) is 1.35. The van der Waals surface area contributed by atoms with Gasteiger partial charge < -0.3 is 27.9 Å². The maximum Gasteiger partial charge on any atom is 0.306 e. The number of hydrogen-bond donors (Lipinski definition) is 0. The van der Waals surface area contributed by atoms with E-state index >= 15 is 0 Å². The van der Waals surface area contributed by atoms with Gasteiger partial charge in [0.1, 0.15) is 19.3 Å². The zero-order valence-electron chi connectivity index (χ0n) is 29.4. The first-order valence-corrected chi connectivity index (χ1v) is 19.4. The molecule has 0 aromatic carbocycles. The van der Waals surface area contributed by atoms with Gasteiger partial charge in [0.2, 0.25) is 0 Å². The lowest BCUT2D eigenvalue weighted by Crippen LogP contribution is -2.37. The van der Waals surface area contributed by atoms with Gasteiger partial charge in [-0.3, -0.25) is 9.36 Å². The molecule has 0 aliphatic rings. The third kappa shape index (κ3) is 32.6. The average molecular weight is 648 g/mol. The number of phosphoric acid groups is 1. The van der Waals surface area contributed by atoms with Crippen molar-refractivity contribution < 1.29 is 37.3 Å². The Morgan fingerprint density at radius 3 is 1.80 bits per heavy atom. The van der Waals surface area contributed by atoms with Crippen molar-refractivity contribution in [3.05, 3.63) is 12.2 Å². The van der Waals surface area contributed by atoms with Gasteiger partial charge in [-0.15, -0.1) is 0 Å². The van der Waals surface area contributed by atoms with E-state index in [4.69, 9.17) is 18.5 Å². The molecule has 9 heteroatoms. The molecule has 0 spiro atoms. The maximum atomic E-state index is 12.5. The number of hydrogen-bond acceptors (Lipinski definition) is 7. The number of phosphoric ester groups is 1. The van der Waals surface area contributed by atoms with E-state index in [-0.39, 0.29) is 25.8 Å². The molecule has 0 rings (SSSR count). The Kier molecular flexibility index (Phi) is 29.1. The Bertz CT molecular complexity index is 726. The summed E-state index contributed by atoms with van der Waals surface area (Å²) in [6.45, 7) is 5.35.